The Balaban J connectivity index is 1.24. The van der Waals surface area contributed by atoms with Crippen LogP contribution in [0.5, 0.6) is 0 Å². The van der Waals surface area contributed by atoms with Gasteiger partial charge in [-0.3, -0.25) is 19.3 Å². The molecule has 3 heterocycles. The molecule has 32 heavy (non-hydrogen) atoms. The number of nitrogens with two attached hydrogens (primary N) is 1. The topological polar surface area (TPSA) is 111 Å². The third kappa shape index (κ3) is 3.27. The highest BCUT2D eigenvalue weighted by atomic mass is 16.2. The SMILES string of the molecule is C[C@@H](CN1C[C@H]2C[C@@H]1C(=O)N2[C@@H](C)c1cccc(C(N)=O)c1)C(=O)N1C2C[C@H]2C[C@H]1C#N. The fraction of sp³-hybridized carbons (Fsp3) is 0.583. The van der Waals surface area contributed by atoms with Gasteiger partial charge >= 0.3 is 0 Å². The van der Waals surface area contributed by atoms with Crippen LogP contribution in [0.25, 0.3) is 0 Å². The molecule has 8 nitrogen and oxygen atoms in total. The van der Waals surface area contributed by atoms with E-state index in [1.807, 2.05) is 29.7 Å². The lowest BCUT2D eigenvalue weighted by Gasteiger charge is -2.38. The summed E-state index contributed by atoms with van der Waals surface area (Å²) in [6, 6.07) is 9.12. The van der Waals surface area contributed by atoms with Gasteiger partial charge in [0, 0.05) is 36.7 Å². The molecule has 1 saturated carbocycles. The van der Waals surface area contributed by atoms with E-state index in [-0.39, 0.29) is 47.9 Å². The summed E-state index contributed by atoms with van der Waals surface area (Å²) in [7, 11) is 0. The van der Waals surface area contributed by atoms with E-state index in [9.17, 15) is 19.6 Å². The maximum Gasteiger partial charge on any atom is 0.248 e. The quantitative estimate of drug-likeness (QED) is 0.724. The molecule has 3 amide bonds. The van der Waals surface area contributed by atoms with Gasteiger partial charge in [0.15, 0.2) is 0 Å². The molecule has 2 bridgehead atoms. The summed E-state index contributed by atoms with van der Waals surface area (Å²) in [5.74, 6) is -0.0902. The Morgan fingerprint density at radius 1 is 1.25 bits per heavy atom. The number of primary amides is 1. The number of rotatable bonds is 6. The number of carbonyl (C=O) groups excluding carboxylic acids is 3. The number of benzene rings is 1. The lowest BCUT2D eigenvalue weighted by molar-refractivity contribution is -0.142. The Kier molecular flexibility index (Phi) is 4.97. The molecule has 3 saturated heterocycles. The number of piperidine rings is 1. The number of carbonyl (C=O) groups is 3. The number of likely N-dealkylation sites (tertiary alicyclic amines) is 3. The first kappa shape index (κ1) is 21.0. The average molecular weight is 436 g/mol. The van der Waals surface area contributed by atoms with Gasteiger partial charge < -0.3 is 15.5 Å². The van der Waals surface area contributed by atoms with Crippen molar-refractivity contribution in [1.29, 1.82) is 5.26 Å². The van der Waals surface area contributed by atoms with Gasteiger partial charge in [-0.2, -0.15) is 5.26 Å². The van der Waals surface area contributed by atoms with Crippen LogP contribution < -0.4 is 5.73 Å². The molecule has 1 aromatic rings. The summed E-state index contributed by atoms with van der Waals surface area (Å²) < 4.78 is 0. The number of hydrogen-bond acceptors (Lipinski definition) is 5. The Hall–Kier alpha value is -2.92. The third-order valence-corrected chi connectivity index (χ3v) is 7.82. The molecule has 2 N–H and O–H groups in total. The molecule has 0 spiro atoms. The number of nitrogens with zero attached hydrogens (tertiary/aromatic N) is 4. The molecule has 4 aliphatic rings. The van der Waals surface area contributed by atoms with Crippen molar-refractivity contribution >= 4 is 17.7 Å². The van der Waals surface area contributed by atoms with Crippen LogP contribution in [-0.4, -0.2) is 69.7 Å². The van der Waals surface area contributed by atoms with Crippen molar-refractivity contribution in [3.05, 3.63) is 35.4 Å². The summed E-state index contributed by atoms with van der Waals surface area (Å²) >= 11 is 0. The lowest BCUT2D eigenvalue weighted by atomic mass is 10.0. The van der Waals surface area contributed by atoms with Gasteiger partial charge in [-0.15, -0.1) is 0 Å². The van der Waals surface area contributed by atoms with Crippen LogP contribution >= 0.6 is 0 Å². The lowest BCUT2D eigenvalue weighted by Crippen LogP contribution is -2.53. The van der Waals surface area contributed by atoms with Crippen molar-refractivity contribution in [3.63, 3.8) is 0 Å². The van der Waals surface area contributed by atoms with Crippen LogP contribution in [0.4, 0.5) is 0 Å². The van der Waals surface area contributed by atoms with Crippen molar-refractivity contribution < 1.29 is 14.4 Å². The average Bonchev–Trinajstić information content (AvgIpc) is 3.11. The monoisotopic (exact) mass is 435 g/mol. The minimum Gasteiger partial charge on any atom is -0.366 e. The second kappa shape index (κ2) is 7.59. The first-order valence-corrected chi connectivity index (χ1v) is 11.5. The van der Waals surface area contributed by atoms with Crippen LogP contribution in [0, 0.1) is 23.2 Å². The van der Waals surface area contributed by atoms with E-state index in [1.165, 1.54) is 0 Å². The fourth-order valence-electron chi connectivity index (χ4n) is 6.08. The van der Waals surface area contributed by atoms with Crippen molar-refractivity contribution in [2.75, 3.05) is 13.1 Å². The highest BCUT2D eigenvalue weighted by Gasteiger charge is 2.55. The highest BCUT2D eigenvalue weighted by molar-refractivity contribution is 5.93. The zero-order valence-electron chi connectivity index (χ0n) is 18.5. The molecule has 7 atom stereocenters. The Bertz CT molecular complexity index is 1020. The van der Waals surface area contributed by atoms with Gasteiger partial charge in [0.1, 0.15) is 6.04 Å². The summed E-state index contributed by atoms with van der Waals surface area (Å²) in [4.78, 5) is 43.7. The first-order chi connectivity index (χ1) is 15.3. The molecule has 4 fully saturated rings. The number of fused-ring (bicyclic) bond motifs is 3. The van der Waals surface area contributed by atoms with E-state index in [0.717, 1.165) is 31.4 Å². The van der Waals surface area contributed by atoms with Gasteiger partial charge in [-0.1, -0.05) is 19.1 Å². The molecule has 8 heteroatoms. The zero-order valence-corrected chi connectivity index (χ0v) is 18.5. The van der Waals surface area contributed by atoms with Crippen molar-refractivity contribution in [2.24, 2.45) is 17.6 Å². The van der Waals surface area contributed by atoms with Crippen LogP contribution in [0.2, 0.25) is 0 Å². The van der Waals surface area contributed by atoms with E-state index >= 15 is 0 Å². The van der Waals surface area contributed by atoms with Crippen molar-refractivity contribution in [1.82, 2.24) is 14.7 Å². The number of nitriles is 1. The Morgan fingerprint density at radius 3 is 2.72 bits per heavy atom. The predicted molar refractivity (Wildman–Crippen MR) is 116 cm³/mol. The van der Waals surface area contributed by atoms with E-state index < -0.39 is 5.91 Å². The minimum atomic E-state index is -0.479. The van der Waals surface area contributed by atoms with E-state index in [2.05, 4.69) is 11.0 Å². The largest absolute Gasteiger partial charge is 0.366 e. The molecule has 0 aromatic heterocycles. The van der Waals surface area contributed by atoms with E-state index in [4.69, 9.17) is 5.73 Å². The maximum atomic E-state index is 13.2. The molecular weight excluding hydrogens is 406 g/mol. The molecule has 168 valence electrons. The van der Waals surface area contributed by atoms with Crippen LogP contribution in [0.3, 0.4) is 0 Å². The number of piperazine rings is 1. The van der Waals surface area contributed by atoms with Crippen molar-refractivity contribution in [3.8, 4) is 6.07 Å². The molecular formula is C24H29N5O3. The second-order valence-corrected chi connectivity index (χ2v) is 9.86. The molecule has 1 unspecified atom stereocenters. The number of amides is 3. The zero-order chi connectivity index (χ0) is 22.7. The maximum absolute atomic E-state index is 13.2. The minimum absolute atomic E-state index is 0.0465. The summed E-state index contributed by atoms with van der Waals surface area (Å²) in [5.41, 5.74) is 6.75. The first-order valence-electron chi connectivity index (χ1n) is 11.5. The molecule has 1 aliphatic carbocycles. The standard InChI is InChI=1S/C24H29N5O3/c1-13(23(31)29-18(10-25)7-17-8-20(17)29)11-27-12-19-9-21(27)24(32)28(19)14(2)15-4-3-5-16(6-15)22(26)30/h3-6,13-14,17-21H,7-9,11-12H2,1-2H3,(H2,26,30)/t13-,14-,17+,18-,19+,20?,21+/m0/s1. The van der Waals surface area contributed by atoms with Crippen LogP contribution in [0.15, 0.2) is 24.3 Å². The van der Waals surface area contributed by atoms with Crippen LogP contribution in [-0.2, 0) is 9.59 Å². The highest BCUT2D eigenvalue weighted by Crippen LogP contribution is 2.48. The third-order valence-electron chi connectivity index (χ3n) is 7.82. The van der Waals surface area contributed by atoms with Gasteiger partial charge in [-0.05, 0) is 49.8 Å². The summed E-state index contributed by atoms with van der Waals surface area (Å²) in [6.45, 7) is 5.17. The second-order valence-electron chi connectivity index (χ2n) is 9.86. The predicted octanol–water partition coefficient (Wildman–Crippen LogP) is 1.28. The normalized spacial score (nSPS) is 32.5. The van der Waals surface area contributed by atoms with Crippen LogP contribution in [0.1, 0.15) is 55.1 Å². The molecule has 3 aliphatic heterocycles. The molecule has 1 aromatic carbocycles. The van der Waals surface area contributed by atoms with E-state index in [1.54, 1.807) is 18.2 Å². The summed E-state index contributed by atoms with van der Waals surface area (Å²) in [5, 5.41) is 9.40. The molecule has 0 radical (unpaired) electrons. The summed E-state index contributed by atoms with van der Waals surface area (Å²) in [6.07, 6.45) is 2.58. The van der Waals surface area contributed by atoms with Gasteiger partial charge in [0.2, 0.25) is 17.7 Å². The van der Waals surface area contributed by atoms with Crippen molar-refractivity contribution in [2.45, 2.75) is 63.3 Å². The molecule has 5 rings (SSSR count). The smallest absolute Gasteiger partial charge is 0.248 e. The van der Waals surface area contributed by atoms with E-state index in [0.29, 0.717) is 18.0 Å². The van der Waals surface area contributed by atoms with Gasteiger partial charge in [0.05, 0.1) is 18.2 Å². The Morgan fingerprint density at radius 2 is 2.03 bits per heavy atom. The fourth-order valence-corrected chi connectivity index (χ4v) is 6.08. The number of hydrogen-bond donors (Lipinski definition) is 1. The Labute approximate surface area is 187 Å². The van der Waals surface area contributed by atoms with Gasteiger partial charge in [0.25, 0.3) is 0 Å². The van der Waals surface area contributed by atoms with Gasteiger partial charge in [-0.25, -0.2) is 0 Å².